The first-order valence-electron chi connectivity index (χ1n) is 12.3. The van der Waals surface area contributed by atoms with E-state index in [9.17, 15) is 4.79 Å². The van der Waals surface area contributed by atoms with Crippen molar-refractivity contribution < 1.29 is 14.3 Å². The molecule has 2 heterocycles. The van der Waals surface area contributed by atoms with Crippen LogP contribution in [0.5, 0.6) is 5.75 Å². The number of H-pyrrole nitrogens is 1. The quantitative estimate of drug-likeness (QED) is 0.183. The molecule has 0 unspecified atom stereocenters. The molecule has 194 valence electrons. The highest BCUT2D eigenvalue weighted by Crippen LogP contribution is 2.40. The number of hydrogen-bond acceptors (Lipinski definition) is 5. The van der Waals surface area contributed by atoms with Gasteiger partial charge in [-0.3, -0.25) is 0 Å². The normalized spacial score (nSPS) is 11.2. The first kappa shape index (κ1) is 27.0. The van der Waals surface area contributed by atoms with E-state index in [4.69, 9.17) is 32.7 Å². The number of esters is 1. The number of nitrogens with one attached hydrogen (secondary N) is 1. The van der Waals surface area contributed by atoms with Gasteiger partial charge in [0.1, 0.15) is 17.3 Å². The van der Waals surface area contributed by atoms with Crippen molar-refractivity contribution in [3.05, 3.63) is 73.9 Å². The van der Waals surface area contributed by atoms with Crippen LogP contribution in [-0.4, -0.2) is 34.1 Å². The van der Waals surface area contributed by atoms with Crippen molar-refractivity contribution in [2.24, 2.45) is 0 Å². The fourth-order valence-corrected chi connectivity index (χ4v) is 5.21. The van der Waals surface area contributed by atoms with Gasteiger partial charge in [0, 0.05) is 32.9 Å². The lowest BCUT2D eigenvalue weighted by Crippen LogP contribution is -2.09. The van der Waals surface area contributed by atoms with Gasteiger partial charge in [0.2, 0.25) is 0 Å². The van der Waals surface area contributed by atoms with Crippen LogP contribution in [-0.2, 0) is 11.2 Å². The molecule has 6 nitrogen and oxygen atoms in total. The van der Waals surface area contributed by atoms with Crippen molar-refractivity contribution in [1.82, 2.24) is 15.0 Å². The second kappa shape index (κ2) is 11.1. The minimum atomic E-state index is -0.394. The number of nitrogens with zero attached hydrogens (tertiary/aromatic N) is 2. The van der Waals surface area contributed by atoms with Crippen molar-refractivity contribution in [3.63, 3.8) is 0 Å². The molecule has 0 fully saturated rings. The minimum Gasteiger partial charge on any atom is -0.494 e. The zero-order valence-electron chi connectivity index (χ0n) is 22.0. The molecule has 0 atom stereocenters. The van der Waals surface area contributed by atoms with E-state index in [-0.39, 0.29) is 6.61 Å². The van der Waals surface area contributed by atoms with Crippen molar-refractivity contribution in [2.75, 3.05) is 13.2 Å². The van der Waals surface area contributed by atoms with Gasteiger partial charge in [-0.1, -0.05) is 29.3 Å². The molecule has 0 aliphatic rings. The molecular weight excluding hydrogens is 509 g/mol. The van der Waals surface area contributed by atoms with Gasteiger partial charge in [0.25, 0.3) is 0 Å². The number of rotatable bonds is 8. The second-order valence-corrected chi connectivity index (χ2v) is 9.97. The van der Waals surface area contributed by atoms with Gasteiger partial charge < -0.3 is 14.5 Å². The third kappa shape index (κ3) is 5.46. The zero-order valence-corrected chi connectivity index (χ0v) is 23.5. The molecule has 2 aromatic heterocycles. The van der Waals surface area contributed by atoms with Crippen LogP contribution in [0.25, 0.3) is 22.0 Å². The number of benzene rings is 2. The maximum atomic E-state index is 13.0. The molecule has 8 heteroatoms. The van der Waals surface area contributed by atoms with E-state index >= 15 is 0 Å². The highest BCUT2D eigenvalue weighted by atomic mass is 35.5. The van der Waals surface area contributed by atoms with Crippen LogP contribution in [0.3, 0.4) is 0 Å². The van der Waals surface area contributed by atoms with Crippen LogP contribution in [0.4, 0.5) is 0 Å². The Kier molecular flexibility index (Phi) is 8.10. The lowest BCUT2D eigenvalue weighted by atomic mass is 9.97. The molecule has 37 heavy (non-hydrogen) atoms. The summed E-state index contributed by atoms with van der Waals surface area (Å²) >= 11 is 13.0. The number of aryl methyl sites for hydroxylation is 6. The minimum absolute atomic E-state index is 0.281. The van der Waals surface area contributed by atoms with Crippen LogP contribution in [0, 0.1) is 34.6 Å². The fraction of sp³-hybridized carbons (Fsp3) is 0.345. The molecular formula is C29H31Cl2N3O3. The number of aromatic nitrogens is 3. The number of ether oxygens (including phenoxy) is 2. The SMILES string of the molecule is CCOC(=O)c1[nH]c2c(-c3c(C)nc(C)nc3C)c(Cl)ccc2c1CCCOc1cc(C)c(Cl)c(C)c1. The summed E-state index contributed by atoms with van der Waals surface area (Å²) in [5.41, 5.74) is 7.35. The predicted molar refractivity (Wildman–Crippen MR) is 149 cm³/mol. The Morgan fingerprint density at radius 3 is 2.24 bits per heavy atom. The van der Waals surface area contributed by atoms with E-state index in [0.717, 1.165) is 60.9 Å². The van der Waals surface area contributed by atoms with Gasteiger partial charge in [-0.2, -0.15) is 0 Å². The lowest BCUT2D eigenvalue weighted by molar-refractivity contribution is 0.0519. The summed E-state index contributed by atoms with van der Waals surface area (Å²) in [4.78, 5) is 25.4. The van der Waals surface area contributed by atoms with Gasteiger partial charge in [-0.05, 0) is 89.3 Å². The van der Waals surface area contributed by atoms with E-state index in [1.807, 2.05) is 58.9 Å². The topological polar surface area (TPSA) is 77.1 Å². The van der Waals surface area contributed by atoms with Gasteiger partial charge in [-0.25, -0.2) is 14.8 Å². The molecule has 0 aliphatic carbocycles. The summed E-state index contributed by atoms with van der Waals surface area (Å²) in [6.45, 7) is 12.2. The first-order valence-corrected chi connectivity index (χ1v) is 13.1. The van der Waals surface area contributed by atoms with Crippen LogP contribution < -0.4 is 4.74 Å². The monoisotopic (exact) mass is 539 g/mol. The summed E-state index contributed by atoms with van der Waals surface area (Å²) in [5, 5.41) is 2.23. The van der Waals surface area contributed by atoms with E-state index in [1.165, 1.54) is 0 Å². The molecule has 2 aromatic carbocycles. The van der Waals surface area contributed by atoms with Crippen LogP contribution in [0.1, 0.15) is 57.7 Å². The van der Waals surface area contributed by atoms with Gasteiger partial charge in [0.15, 0.2) is 0 Å². The van der Waals surface area contributed by atoms with Crippen molar-refractivity contribution in [3.8, 4) is 16.9 Å². The third-order valence-electron chi connectivity index (χ3n) is 6.39. The second-order valence-electron chi connectivity index (χ2n) is 9.18. The lowest BCUT2D eigenvalue weighted by Gasteiger charge is -2.13. The van der Waals surface area contributed by atoms with Crippen molar-refractivity contribution >= 4 is 40.1 Å². The number of fused-ring (bicyclic) bond motifs is 1. The fourth-order valence-electron chi connectivity index (χ4n) is 4.85. The van der Waals surface area contributed by atoms with Crippen LogP contribution in [0.15, 0.2) is 24.3 Å². The number of aromatic amines is 1. The Morgan fingerprint density at radius 2 is 1.62 bits per heavy atom. The maximum Gasteiger partial charge on any atom is 0.355 e. The molecule has 4 aromatic rings. The zero-order chi connectivity index (χ0) is 26.9. The molecule has 0 spiro atoms. The summed E-state index contributed by atoms with van der Waals surface area (Å²) in [5.74, 6) is 1.09. The average Bonchev–Trinajstić information content (AvgIpc) is 3.19. The van der Waals surface area contributed by atoms with Crippen molar-refractivity contribution in [2.45, 2.75) is 54.4 Å². The highest BCUT2D eigenvalue weighted by molar-refractivity contribution is 6.35. The number of halogens is 2. The molecule has 1 N–H and O–H groups in total. The van der Waals surface area contributed by atoms with E-state index in [1.54, 1.807) is 6.92 Å². The average molecular weight is 540 g/mol. The van der Waals surface area contributed by atoms with Gasteiger partial charge >= 0.3 is 5.97 Å². The molecule has 0 amide bonds. The Labute approximate surface area is 227 Å². The molecule has 0 bridgehead atoms. The smallest absolute Gasteiger partial charge is 0.355 e. The molecule has 4 rings (SSSR count). The van der Waals surface area contributed by atoms with Crippen molar-refractivity contribution in [1.29, 1.82) is 0 Å². The van der Waals surface area contributed by atoms with Gasteiger partial charge in [-0.15, -0.1) is 0 Å². The first-order chi connectivity index (χ1) is 17.6. The van der Waals surface area contributed by atoms with Crippen LogP contribution >= 0.6 is 23.2 Å². The summed E-state index contributed by atoms with van der Waals surface area (Å²) in [6.07, 6.45) is 1.31. The molecule has 0 saturated heterocycles. The third-order valence-corrected chi connectivity index (χ3v) is 7.30. The maximum absolute atomic E-state index is 13.0. The number of carbonyl (C=O) groups excluding carboxylic acids is 1. The van der Waals surface area contributed by atoms with Gasteiger partial charge in [0.05, 0.1) is 23.8 Å². The predicted octanol–water partition coefficient (Wildman–Crippen LogP) is 7.66. The summed E-state index contributed by atoms with van der Waals surface area (Å²) in [6, 6.07) is 7.68. The summed E-state index contributed by atoms with van der Waals surface area (Å²) in [7, 11) is 0. The molecule has 0 aliphatic heterocycles. The Hall–Kier alpha value is -3.09. The number of hydrogen-bond donors (Lipinski definition) is 1. The van der Waals surface area contributed by atoms with E-state index < -0.39 is 5.97 Å². The standard InChI is InChI=1S/C29H31Cl2N3O3/c1-7-36-29(35)28-21(9-8-12-37-20-13-15(2)26(31)16(3)14-20)22-10-11-23(30)25(27(22)34-28)24-17(4)32-19(6)33-18(24)5/h10-11,13-14,34H,7-9,12H2,1-6H3. The Balaban J connectivity index is 1.71. The molecule has 0 radical (unpaired) electrons. The van der Waals surface area contributed by atoms with E-state index in [0.29, 0.717) is 36.0 Å². The number of carbonyl (C=O) groups is 1. The van der Waals surface area contributed by atoms with E-state index in [2.05, 4.69) is 15.0 Å². The highest BCUT2D eigenvalue weighted by Gasteiger charge is 2.24. The Morgan fingerprint density at radius 1 is 0.973 bits per heavy atom. The summed E-state index contributed by atoms with van der Waals surface area (Å²) < 4.78 is 11.4. The van der Waals surface area contributed by atoms with Crippen LogP contribution in [0.2, 0.25) is 10.0 Å². The molecule has 0 saturated carbocycles. The Bertz CT molecular complexity index is 1450. The largest absolute Gasteiger partial charge is 0.494 e.